The van der Waals surface area contributed by atoms with Crippen LogP contribution in [-0.4, -0.2) is 18.4 Å². The minimum absolute atomic E-state index is 0.0588. The Morgan fingerprint density at radius 1 is 1.16 bits per heavy atom. The predicted molar refractivity (Wildman–Crippen MR) is 105 cm³/mol. The van der Waals surface area contributed by atoms with E-state index in [0.29, 0.717) is 30.0 Å². The number of carbonyl (C=O) groups is 2. The number of benzene rings is 1. The first kappa shape index (κ1) is 19.5. The summed E-state index contributed by atoms with van der Waals surface area (Å²) in [4.78, 5) is 24.1. The van der Waals surface area contributed by atoms with Crippen LogP contribution in [0.1, 0.15) is 48.2 Å². The quantitative estimate of drug-likeness (QED) is 0.655. The highest BCUT2D eigenvalue weighted by molar-refractivity contribution is 7.08. The van der Waals surface area contributed by atoms with Crippen molar-refractivity contribution < 1.29 is 9.59 Å². The van der Waals surface area contributed by atoms with Gasteiger partial charge in [-0.15, -0.1) is 0 Å². The van der Waals surface area contributed by atoms with E-state index in [4.69, 9.17) is 11.6 Å². The number of thiophene rings is 1. The summed E-state index contributed by atoms with van der Waals surface area (Å²) >= 11 is 7.74. The Labute approximate surface area is 157 Å². The van der Waals surface area contributed by atoms with Crippen LogP contribution >= 0.6 is 22.9 Å². The molecule has 2 aromatic rings. The van der Waals surface area contributed by atoms with E-state index >= 15 is 0 Å². The average Bonchev–Trinajstić information content (AvgIpc) is 3.14. The fraction of sp³-hybridized carbons (Fsp3) is 0.368. The monoisotopic (exact) mass is 378 g/mol. The molecule has 0 unspecified atom stereocenters. The van der Waals surface area contributed by atoms with Crippen LogP contribution in [0.5, 0.6) is 0 Å². The van der Waals surface area contributed by atoms with Crippen LogP contribution in [-0.2, 0) is 17.6 Å². The van der Waals surface area contributed by atoms with Gasteiger partial charge < -0.3 is 10.6 Å². The Morgan fingerprint density at radius 3 is 2.60 bits per heavy atom. The van der Waals surface area contributed by atoms with Crippen molar-refractivity contribution in [2.75, 3.05) is 11.9 Å². The van der Waals surface area contributed by atoms with Gasteiger partial charge in [0, 0.05) is 34.6 Å². The van der Waals surface area contributed by atoms with Crippen molar-refractivity contribution in [3.63, 3.8) is 0 Å². The highest BCUT2D eigenvalue weighted by atomic mass is 35.5. The number of amides is 2. The first-order valence-electron chi connectivity index (χ1n) is 8.47. The molecule has 0 aliphatic carbocycles. The molecule has 0 spiro atoms. The molecule has 1 heterocycles. The van der Waals surface area contributed by atoms with Gasteiger partial charge in [0.2, 0.25) is 5.91 Å². The molecule has 134 valence electrons. The molecule has 4 nitrogen and oxygen atoms in total. The maximum Gasteiger partial charge on any atom is 0.252 e. The minimum atomic E-state index is -0.0990. The van der Waals surface area contributed by atoms with Crippen molar-refractivity contribution in [1.82, 2.24) is 5.32 Å². The molecule has 0 atom stereocenters. The van der Waals surface area contributed by atoms with Gasteiger partial charge in [-0.05, 0) is 47.9 Å². The van der Waals surface area contributed by atoms with Gasteiger partial charge in [0.15, 0.2) is 0 Å². The molecule has 0 aliphatic heterocycles. The maximum absolute atomic E-state index is 12.3. The highest BCUT2D eigenvalue weighted by Gasteiger charge is 2.13. The molecular weight excluding hydrogens is 356 g/mol. The van der Waals surface area contributed by atoms with Crippen LogP contribution < -0.4 is 10.6 Å². The molecule has 2 rings (SSSR count). The number of carbonyl (C=O) groups excluding carboxylic acids is 2. The minimum Gasteiger partial charge on any atom is -0.352 e. The Kier molecular flexibility index (Phi) is 7.47. The van der Waals surface area contributed by atoms with Crippen molar-refractivity contribution in [3.8, 4) is 0 Å². The van der Waals surface area contributed by atoms with Crippen LogP contribution in [0.15, 0.2) is 29.0 Å². The number of hydrogen-bond acceptors (Lipinski definition) is 3. The van der Waals surface area contributed by atoms with Gasteiger partial charge in [0.25, 0.3) is 5.91 Å². The Balaban J connectivity index is 1.86. The Morgan fingerprint density at radius 2 is 1.96 bits per heavy atom. The van der Waals surface area contributed by atoms with Crippen LogP contribution in [0.3, 0.4) is 0 Å². The van der Waals surface area contributed by atoms with Crippen molar-refractivity contribution in [1.29, 1.82) is 0 Å². The zero-order chi connectivity index (χ0) is 18.2. The van der Waals surface area contributed by atoms with E-state index in [1.165, 1.54) is 11.3 Å². The molecule has 0 radical (unpaired) electrons. The lowest BCUT2D eigenvalue weighted by atomic mass is 10.0. The average molecular weight is 379 g/mol. The van der Waals surface area contributed by atoms with E-state index in [-0.39, 0.29) is 11.8 Å². The molecule has 0 saturated carbocycles. The van der Waals surface area contributed by atoms with Gasteiger partial charge in [0.05, 0.1) is 0 Å². The second-order valence-corrected chi connectivity index (χ2v) is 6.87. The first-order valence-corrected chi connectivity index (χ1v) is 9.79. The van der Waals surface area contributed by atoms with E-state index in [9.17, 15) is 9.59 Å². The highest BCUT2D eigenvalue weighted by Crippen LogP contribution is 2.29. The van der Waals surface area contributed by atoms with Gasteiger partial charge in [-0.25, -0.2) is 0 Å². The second-order valence-electron chi connectivity index (χ2n) is 5.69. The molecule has 0 saturated heterocycles. The summed E-state index contributed by atoms with van der Waals surface area (Å²) in [5.41, 5.74) is 3.55. The lowest BCUT2D eigenvalue weighted by molar-refractivity contribution is -0.116. The number of nitrogens with one attached hydrogen (secondary N) is 2. The molecule has 0 aliphatic rings. The number of anilines is 1. The number of halogens is 1. The zero-order valence-electron chi connectivity index (χ0n) is 14.5. The summed E-state index contributed by atoms with van der Waals surface area (Å²) in [5, 5.41) is 10.2. The Bertz CT molecular complexity index is 729. The van der Waals surface area contributed by atoms with Crippen molar-refractivity contribution >= 4 is 40.4 Å². The third kappa shape index (κ3) is 5.31. The van der Waals surface area contributed by atoms with Gasteiger partial charge in [-0.2, -0.15) is 11.3 Å². The van der Waals surface area contributed by atoms with Crippen LogP contribution in [0.4, 0.5) is 5.69 Å². The van der Waals surface area contributed by atoms with Crippen molar-refractivity contribution in [2.45, 2.75) is 39.5 Å². The van der Waals surface area contributed by atoms with Gasteiger partial charge in [-0.1, -0.05) is 31.5 Å². The van der Waals surface area contributed by atoms with Gasteiger partial charge in [-0.3, -0.25) is 9.59 Å². The number of hydrogen-bond donors (Lipinski definition) is 2. The summed E-state index contributed by atoms with van der Waals surface area (Å²) in [6.07, 6.45) is 2.53. The molecule has 2 N–H and O–H groups in total. The molecule has 0 bridgehead atoms. The van der Waals surface area contributed by atoms with Crippen LogP contribution in [0.25, 0.3) is 0 Å². The van der Waals surface area contributed by atoms with E-state index < -0.39 is 0 Å². The van der Waals surface area contributed by atoms with Crippen molar-refractivity contribution in [2.24, 2.45) is 0 Å². The number of rotatable bonds is 8. The topological polar surface area (TPSA) is 58.2 Å². The molecule has 2 amide bonds. The molecule has 1 aromatic heterocycles. The molecule has 6 heteroatoms. The standard InChI is InChI=1S/C19H23ClN2O2S/c1-3-13-7-8-16(20)15(4-2)18(13)22-17(23)6-5-10-21-19(24)14-9-11-25-12-14/h7-9,11-12H,3-6,10H2,1-2H3,(H,21,24)(H,22,23). The summed E-state index contributed by atoms with van der Waals surface area (Å²) < 4.78 is 0. The third-order valence-electron chi connectivity index (χ3n) is 3.99. The Hall–Kier alpha value is -1.85. The van der Waals surface area contributed by atoms with E-state index in [1.807, 2.05) is 24.4 Å². The van der Waals surface area contributed by atoms with E-state index in [1.54, 1.807) is 11.4 Å². The molecule has 25 heavy (non-hydrogen) atoms. The third-order valence-corrected chi connectivity index (χ3v) is 5.03. The maximum atomic E-state index is 12.3. The summed E-state index contributed by atoms with van der Waals surface area (Å²) in [5.74, 6) is -0.158. The van der Waals surface area contributed by atoms with Crippen molar-refractivity contribution in [3.05, 3.63) is 50.7 Å². The largest absolute Gasteiger partial charge is 0.352 e. The molecule has 0 fully saturated rings. The van der Waals surface area contributed by atoms with E-state index in [0.717, 1.165) is 29.7 Å². The first-order chi connectivity index (χ1) is 12.1. The zero-order valence-corrected chi connectivity index (χ0v) is 16.1. The lowest BCUT2D eigenvalue weighted by Crippen LogP contribution is -2.25. The summed E-state index contributed by atoms with van der Waals surface area (Å²) in [7, 11) is 0. The smallest absolute Gasteiger partial charge is 0.252 e. The number of aryl methyl sites for hydroxylation is 1. The van der Waals surface area contributed by atoms with Gasteiger partial charge in [0.1, 0.15) is 0 Å². The second kappa shape index (κ2) is 9.59. The lowest BCUT2D eigenvalue weighted by Gasteiger charge is -2.16. The normalized spacial score (nSPS) is 10.5. The molecular formula is C19H23ClN2O2S. The predicted octanol–water partition coefficient (Wildman–Crippen LogP) is 4.68. The van der Waals surface area contributed by atoms with E-state index in [2.05, 4.69) is 17.6 Å². The molecule has 1 aromatic carbocycles. The fourth-order valence-electron chi connectivity index (χ4n) is 2.62. The van der Waals surface area contributed by atoms with Crippen LogP contribution in [0.2, 0.25) is 5.02 Å². The summed E-state index contributed by atoms with van der Waals surface area (Å²) in [6.45, 7) is 4.55. The fourth-order valence-corrected chi connectivity index (χ4v) is 3.54. The SMILES string of the molecule is CCc1ccc(Cl)c(CC)c1NC(=O)CCCNC(=O)c1ccsc1. The summed E-state index contributed by atoms with van der Waals surface area (Å²) in [6, 6.07) is 5.62. The van der Waals surface area contributed by atoms with Gasteiger partial charge >= 0.3 is 0 Å². The van der Waals surface area contributed by atoms with Crippen LogP contribution in [0, 0.1) is 0 Å².